The summed E-state index contributed by atoms with van der Waals surface area (Å²) in [5.74, 6) is 0.716. The van der Waals surface area contributed by atoms with Crippen molar-refractivity contribution in [2.75, 3.05) is 0 Å². The molecule has 1 aliphatic heterocycles. The average Bonchev–Trinajstić information content (AvgIpc) is 2.23. The van der Waals surface area contributed by atoms with E-state index >= 15 is 0 Å². The van der Waals surface area contributed by atoms with Gasteiger partial charge in [-0.05, 0) is 18.1 Å². The summed E-state index contributed by atoms with van der Waals surface area (Å²) in [6, 6.07) is 7.08. The Bertz CT molecular complexity index is 408. The molecule has 0 bridgehead atoms. The Labute approximate surface area is 121 Å². The molecule has 0 saturated heterocycles. The minimum Gasteiger partial charge on any atom is -0.508 e. The summed E-state index contributed by atoms with van der Waals surface area (Å²) in [4.78, 5) is 0. The minimum absolute atomic E-state index is 0. The molecule has 1 aliphatic rings. The van der Waals surface area contributed by atoms with Gasteiger partial charge in [0.15, 0.2) is 0 Å². The van der Waals surface area contributed by atoms with Crippen LogP contribution in [0.4, 0.5) is 0 Å². The molecule has 16 heavy (non-hydrogen) atoms. The first-order valence-electron chi connectivity index (χ1n) is 5.03. The Hall–Kier alpha value is -0.596. The Morgan fingerprint density at radius 1 is 1.38 bits per heavy atom. The van der Waals surface area contributed by atoms with Crippen molar-refractivity contribution in [2.45, 2.75) is 13.3 Å². The maximum absolute atomic E-state index is 9.18. The molecule has 0 aliphatic carbocycles. The SMILES string of the molecule is C=C1NC(c2ccc(O)cc2)=[C-]CC1C.[Y]. The van der Waals surface area contributed by atoms with Crippen LogP contribution >= 0.6 is 0 Å². The van der Waals surface area contributed by atoms with Crippen LogP contribution in [0.25, 0.3) is 5.70 Å². The molecular weight excluding hydrogens is 275 g/mol. The first kappa shape index (κ1) is 13.5. The number of hydrogen-bond donors (Lipinski definition) is 2. The van der Waals surface area contributed by atoms with E-state index in [0.29, 0.717) is 5.92 Å². The predicted octanol–water partition coefficient (Wildman–Crippen LogP) is 2.68. The molecule has 1 atom stereocenters. The molecule has 1 unspecified atom stereocenters. The van der Waals surface area contributed by atoms with Crippen LogP contribution in [0.3, 0.4) is 0 Å². The van der Waals surface area contributed by atoms with E-state index in [1.54, 1.807) is 12.1 Å². The molecule has 0 saturated carbocycles. The fraction of sp³-hybridized carbons (Fsp3) is 0.231. The van der Waals surface area contributed by atoms with Crippen molar-refractivity contribution in [3.8, 4) is 5.75 Å². The molecule has 0 fully saturated rings. The smallest absolute Gasteiger partial charge is 0.112 e. The molecule has 2 nitrogen and oxygen atoms in total. The van der Waals surface area contributed by atoms with Crippen molar-refractivity contribution < 1.29 is 37.8 Å². The molecule has 2 rings (SSSR count). The monoisotopic (exact) mass is 289 g/mol. The fourth-order valence-corrected chi connectivity index (χ4v) is 1.51. The summed E-state index contributed by atoms with van der Waals surface area (Å²) in [5, 5.41) is 12.4. The molecule has 0 aromatic heterocycles. The van der Waals surface area contributed by atoms with Gasteiger partial charge in [0.25, 0.3) is 0 Å². The van der Waals surface area contributed by atoms with Crippen molar-refractivity contribution >= 4 is 5.70 Å². The van der Waals surface area contributed by atoms with Crippen molar-refractivity contribution in [2.24, 2.45) is 5.92 Å². The van der Waals surface area contributed by atoms with E-state index in [9.17, 15) is 5.11 Å². The second-order valence-corrected chi connectivity index (χ2v) is 3.85. The van der Waals surface area contributed by atoms with Gasteiger partial charge in [0, 0.05) is 38.4 Å². The summed E-state index contributed by atoms with van der Waals surface area (Å²) >= 11 is 0. The van der Waals surface area contributed by atoms with E-state index in [1.165, 1.54) is 0 Å². The Balaban J connectivity index is 0.00000128. The number of allylic oxidation sites excluding steroid dienone is 2. The molecule has 1 aromatic carbocycles. The zero-order valence-electron chi connectivity index (χ0n) is 9.33. The van der Waals surface area contributed by atoms with E-state index in [4.69, 9.17) is 0 Å². The zero-order valence-corrected chi connectivity index (χ0v) is 12.2. The molecule has 2 N–H and O–H groups in total. The number of hydrogen-bond acceptors (Lipinski definition) is 2. The summed E-state index contributed by atoms with van der Waals surface area (Å²) in [7, 11) is 0. The first-order chi connectivity index (χ1) is 7.16. The normalized spacial score (nSPS) is 19.4. The van der Waals surface area contributed by atoms with Crippen LogP contribution in [0.15, 0.2) is 36.5 Å². The third-order valence-electron chi connectivity index (χ3n) is 2.62. The standard InChI is InChI=1S/C13H14NO.Y/c1-9-3-8-13(14-10(9)2)11-4-6-12(15)7-5-11;/h4-7,9,14-15H,2-3H2,1H3;/q-1;. The zero-order chi connectivity index (χ0) is 10.8. The Morgan fingerprint density at radius 3 is 2.56 bits per heavy atom. The number of benzene rings is 1. The van der Waals surface area contributed by atoms with Crippen LogP contribution in [0.1, 0.15) is 18.9 Å². The average molecular weight is 289 g/mol. The molecule has 1 heterocycles. The van der Waals surface area contributed by atoms with Gasteiger partial charge in [-0.3, -0.25) is 0 Å². The number of aromatic hydroxyl groups is 1. The van der Waals surface area contributed by atoms with Crippen LogP contribution in [-0.4, -0.2) is 5.11 Å². The van der Waals surface area contributed by atoms with E-state index in [-0.39, 0.29) is 38.5 Å². The van der Waals surface area contributed by atoms with Crippen LogP contribution in [0.5, 0.6) is 5.75 Å². The number of nitrogens with one attached hydrogen (secondary N) is 1. The van der Waals surface area contributed by atoms with Crippen molar-refractivity contribution in [1.29, 1.82) is 0 Å². The van der Waals surface area contributed by atoms with E-state index < -0.39 is 0 Å². The number of phenols is 1. The summed E-state index contributed by atoms with van der Waals surface area (Å²) in [5.41, 5.74) is 3.01. The Kier molecular flexibility index (Phi) is 4.76. The van der Waals surface area contributed by atoms with Gasteiger partial charge in [-0.15, -0.1) is 24.3 Å². The van der Waals surface area contributed by atoms with Crippen LogP contribution < -0.4 is 5.32 Å². The maximum Gasteiger partial charge on any atom is 0.112 e. The number of phenolic OH excluding ortho intramolecular Hbond substituents is 1. The number of rotatable bonds is 1. The van der Waals surface area contributed by atoms with Crippen LogP contribution in [0.2, 0.25) is 0 Å². The topological polar surface area (TPSA) is 32.3 Å². The van der Waals surface area contributed by atoms with Gasteiger partial charge in [0.05, 0.1) is 0 Å². The van der Waals surface area contributed by atoms with Gasteiger partial charge in [-0.2, -0.15) is 5.56 Å². The van der Waals surface area contributed by atoms with Crippen molar-refractivity contribution in [3.05, 3.63) is 48.2 Å². The first-order valence-corrected chi connectivity index (χ1v) is 5.03. The van der Waals surface area contributed by atoms with Crippen LogP contribution in [-0.2, 0) is 32.7 Å². The van der Waals surface area contributed by atoms with Crippen molar-refractivity contribution in [3.63, 3.8) is 0 Å². The molecular formula is C13H14NOY-. The summed E-state index contributed by atoms with van der Waals surface area (Å²) in [6.45, 7) is 6.09. The maximum atomic E-state index is 9.18. The largest absolute Gasteiger partial charge is 0.508 e. The fourth-order valence-electron chi connectivity index (χ4n) is 1.51. The van der Waals surface area contributed by atoms with E-state index in [0.717, 1.165) is 23.4 Å². The molecule has 3 heteroatoms. The molecule has 1 aromatic rings. The molecule has 0 spiro atoms. The molecule has 0 amide bonds. The second kappa shape index (κ2) is 5.65. The van der Waals surface area contributed by atoms with Gasteiger partial charge < -0.3 is 10.4 Å². The minimum atomic E-state index is 0. The quantitative estimate of drug-likeness (QED) is 0.779. The molecule has 81 valence electrons. The second-order valence-electron chi connectivity index (χ2n) is 3.85. The van der Waals surface area contributed by atoms with Gasteiger partial charge in [0.1, 0.15) is 5.75 Å². The van der Waals surface area contributed by atoms with E-state index in [1.807, 2.05) is 12.1 Å². The summed E-state index contributed by atoms with van der Waals surface area (Å²) in [6.07, 6.45) is 4.19. The third kappa shape index (κ3) is 2.96. The Morgan fingerprint density at radius 2 is 2.00 bits per heavy atom. The van der Waals surface area contributed by atoms with E-state index in [2.05, 4.69) is 24.9 Å². The third-order valence-corrected chi connectivity index (χ3v) is 2.62. The van der Waals surface area contributed by atoms with Gasteiger partial charge in [0.2, 0.25) is 0 Å². The van der Waals surface area contributed by atoms with Crippen molar-refractivity contribution in [1.82, 2.24) is 5.32 Å². The predicted molar refractivity (Wildman–Crippen MR) is 60.8 cm³/mol. The van der Waals surface area contributed by atoms with Gasteiger partial charge in [-0.1, -0.05) is 13.5 Å². The van der Waals surface area contributed by atoms with Gasteiger partial charge >= 0.3 is 0 Å². The van der Waals surface area contributed by atoms with Crippen LogP contribution in [0, 0.1) is 12.0 Å². The molecule has 1 radical (unpaired) electrons. The van der Waals surface area contributed by atoms with Gasteiger partial charge in [-0.25, -0.2) is 6.08 Å². The summed E-state index contributed by atoms with van der Waals surface area (Å²) < 4.78 is 0.